The van der Waals surface area contributed by atoms with Gasteiger partial charge in [-0.15, -0.1) is 0 Å². The predicted molar refractivity (Wildman–Crippen MR) is 72.8 cm³/mol. The molecule has 5 heteroatoms. The third-order valence-electron chi connectivity index (χ3n) is 2.60. The van der Waals surface area contributed by atoms with Crippen LogP contribution in [0.1, 0.15) is 11.1 Å². The van der Waals surface area contributed by atoms with Gasteiger partial charge in [-0.1, -0.05) is 11.6 Å². The quantitative estimate of drug-likeness (QED) is 0.868. The first-order chi connectivity index (χ1) is 8.47. The molecule has 1 aromatic heterocycles. The fraction of sp³-hybridized carbons (Fsp3) is 0.154. The van der Waals surface area contributed by atoms with Crippen molar-refractivity contribution in [3.05, 3.63) is 46.4 Å². The number of nitrogens with one attached hydrogen (secondary N) is 1. The Morgan fingerprint density at radius 1 is 1.22 bits per heavy atom. The lowest BCUT2D eigenvalue weighted by Crippen LogP contribution is -1.99. The van der Waals surface area contributed by atoms with Crippen LogP contribution in [0.2, 0.25) is 5.02 Å². The minimum Gasteiger partial charge on any atom is -0.397 e. The molecular weight excluding hydrogens is 253 g/mol. The number of nitrogens with two attached hydrogens (primary N) is 1. The Morgan fingerprint density at radius 2 is 1.94 bits per heavy atom. The Bertz CT molecular complexity index is 599. The monoisotopic (exact) mass is 265 g/mol. The summed E-state index contributed by atoms with van der Waals surface area (Å²) in [6.45, 7) is 3.53. The predicted octanol–water partition coefficient (Wildman–Crippen LogP) is 3.82. The van der Waals surface area contributed by atoms with E-state index in [0.717, 1.165) is 5.56 Å². The van der Waals surface area contributed by atoms with E-state index in [9.17, 15) is 4.39 Å². The van der Waals surface area contributed by atoms with Gasteiger partial charge in [-0.2, -0.15) is 0 Å². The number of nitrogen functional groups attached to an aromatic ring is 1. The van der Waals surface area contributed by atoms with E-state index in [1.807, 2.05) is 6.92 Å². The highest BCUT2D eigenvalue weighted by Crippen LogP contribution is 2.28. The van der Waals surface area contributed by atoms with Crippen LogP contribution in [0.15, 0.2) is 24.4 Å². The number of rotatable bonds is 2. The highest BCUT2D eigenvalue weighted by atomic mass is 35.5. The van der Waals surface area contributed by atoms with Crippen LogP contribution in [0.4, 0.5) is 21.6 Å². The number of nitrogens with zero attached hydrogens (tertiary/aromatic N) is 1. The number of halogens is 2. The lowest BCUT2D eigenvalue weighted by molar-refractivity contribution is 0.619. The molecule has 0 amide bonds. The number of anilines is 3. The Labute approximate surface area is 110 Å². The van der Waals surface area contributed by atoms with Gasteiger partial charge in [0.05, 0.1) is 22.6 Å². The van der Waals surface area contributed by atoms with E-state index in [1.54, 1.807) is 19.1 Å². The Morgan fingerprint density at radius 3 is 2.61 bits per heavy atom. The standard InChI is InChI=1S/C13H13ClFN3/c1-7-4-10(14)12(5-11(7)15)18-13-8(2)3-9(16)6-17-13/h3-6H,16H2,1-2H3,(H,17,18). The van der Waals surface area contributed by atoms with Crippen LogP contribution >= 0.6 is 11.6 Å². The summed E-state index contributed by atoms with van der Waals surface area (Å²) in [6, 6.07) is 4.72. The average Bonchev–Trinajstić information content (AvgIpc) is 2.29. The molecule has 0 aliphatic rings. The molecule has 2 aromatic rings. The molecule has 0 bridgehead atoms. The minimum absolute atomic E-state index is 0.310. The van der Waals surface area contributed by atoms with Crippen LogP contribution in [0, 0.1) is 19.7 Å². The smallest absolute Gasteiger partial charge is 0.133 e. The van der Waals surface area contributed by atoms with Gasteiger partial charge in [0.2, 0.25) is 0 Å². The van der Waals surface area contributed by atoms with Crippen molar-refractivity contribution in [3.8, 4) is 0 Å². The van der Waals surface area contributed by atoms with Crippen molar-refractivity contribution in [2.75, 3.05) is 11.1 Å². The lowest BCUT2D eigenvalue weighted by Gasteiger charge is -2.11. The molecule has 3 nitrogen and oxygen atoms in total. The number of pyridine rings is 1. The molecule has 3 N–H and O–H groups in total. The van der Waals surface area contributed by atoms with Crippen LogP contribution in [-0.4, -0.2) is 4.98 Å². The molecule has 2 rings (SSSR count). The van der Waals surface area contributed by atoms with Crippen molar-refractivity contribution >= 4 is 28.8 Å². The van der Waals surface area contributed by atoms with Crippen LogP contribution in [0.25, 0.3) is 0 Å². The number of aryl methyl sites for hydroxylation is 2. The van der Waals surface area contributed by atoms with E-state index in [2.05, 4.69) is 10.3 Å². The second-order valence-electron chi connectivity index (χ2n) is 4.14. The van der Waals surface area contributed by atoms with E-state index in [1.165, 1.54) is 12.3 Å². The summed E-state index contributed by atoms with van der Waals surface area (Å²) >= 11 is 6.05. The molecule has 0 saturated heterocycles. The van der Waals surface area contributed by atoms with Gasteiger partial charge in [0.15, 0.2) is 0 Å². The SMILES string of the molecule is Cc1cc(Cl)c(Nc2ncc(N)cc2C)cc1F. The average molecular weight is 266 g/mol. The molecule has 0 saturated carbocycles. The fourth-order valence-corrected chi connectivity index (χ4v) is 1.86. The molecule has 0 aliphatic heterocycles. The highest BCUT2D eigenvalue weighted by Gasteiger charge is 2.08. The third-order valence-corrected chi connectivity index (χ3v) is 2.91. The van der Waals surface area contributed by atoms with Crippen LogP contribution < -0.4 is 11.1 Å². The van der Waals surface area contributed by atoms with Crippen molar-refractivity contribution in [3.63, 3.8) is 0 Å². The summed E-state index contributed by atoms with van der Waals surface area (Å²) in [4.78, 5) is 4.15. The van der Waals surface area contributed by atoms with Gasteiger partial charge in [-0.05, 0) is 43.2 Å². The summed E-state index contributed by atoms with van der Waals surface area (Å²) < 4.78 is 13.5. The normalized spacial score (nSPS) is 10.4. The lowest BCUT2D eigenvalue weighted by atomic mass is 10.2. The first-order valence-electron chi connectivity index (χ1n) is 5.42. The van der Waals surface area contributed by atoms with Gasteiger partial charge in [-0.3, -0.25) is 0 Å². The minimum atomic E-state index is -0.310. The molecule has 0 spiro atoms. The molecule has 0 fully saturated rings. The maximum Gasteiger partial charge on any atom is 0.133 e. The van der Waals surface area contributed by atoms with Crippen LogP contribution in [-0.2, 0) is 0 Å². The van der Waals surface area contributed by atoms with Gasteiger partial charge in [0.1, 0.15) is 11.6 Å². The van der Waals surface area contributed by atoms with Gasteiger partial charge in [0.25, 0.3) is 0 Å². The van der Waals surface area contributed by atoms with Crippen molar-refractivity contribution in [1.29, 1.82) is 0 Å². The van der Waals surface area contributed by atoms with Crippen LogP contribution in [0.3, 0.4) is 0 Å². The summed E-state index contributed by atoms with van der Waals surface area (Å²) in [5.41, 5.74) is 8.06. The van der Waals surface area contributed by atoms with Crippen LogP contribution in [0.5, 0.6) is 0 Å². The Kier molecular flexibility index (Phi) is 3.39. The molecule has 18 heavy (non-hydrogen) atoms. The van der Waals surface area contributed by atoms with E-state index in [4.69, 9.17) is 17.3 Å². The van der Waals surface area contributed by atoms with E-state index >= 15 is 0 Å². The maximum atomic E-state index is 13.5. The highest BCUT2D eigenvalue weighted by molar-refractivity contribution is 6.33. The van der Waals surface area contributed by atoms with Gasteiger partial charge in [0, 0.05) is 0 Å². The van der Waals surface area contributed by atoms with E-state index in [0.29, 0.717) is 27.8 Å². The first-order valence-corrected chi connectivity index (χ1v) is 5.80. The largest absolute Gasteiger partial charge is 0.397 e. The summed E-state index contributed by atoms with van der Waals surface area (Å²) in [5.74, 6) is 0.296. The maximum absolute atomic E-state index is 13.5. The number of hydrogen-bond donors (Lipinski definition) is 2. The molecule has 0 radical (unpaired) electrons. The molecule has 0 atom stereocenters. The zero-order valence-corrected chi connectivity index (χ0v) is 10.8. The summed E-state index contributed by atoms with van der Waals surface area (Å²) in [6.07, 6.45) is 1.54. The van der Waals surface area contributed by atoms with Crippen molar-refractivity contribution in [1.82, 2.24) is 4.98 Å². The number of aromatic nitrogens is 1. The molecule has 0 aliphatic carbocycles. The van der Waals surface area contributed by atoms with Gasteiger partial charge in [-0.25, -0.2) is 9.37 Å². The Balaban J connectivity index is 2.37. The molecule has 1 heterocycles. The molecular formula is C13H13ClFN3. The van der Waals surface area contributed by atoms with Gasteiger partial charge < -0.3 is 11.1 Å². The zero-order valence-electron chi connectivity index (χ0n) is 10.1. The number of benzene rings is 1. The fourth-order valence-electron chi connectivity index (χ4n) is 1.60. The molecule has 0 unspecified atom stereocenters. The Hall–Kier alpha value is -1.81. The second kappa shape index (κ2) is 4.82. The summed E-state index contributed by atoms with van der Waals surface area (Å²) in [7, 11) is 0. The van der Waals surface area contributed by atoms with E-state index in [-0.39, 0.29) is 5.82 Å². The van der Waals surface area contributed by atoms with Crippen molar-refractivity contribution < 1.29 is 4.39 Å². The van der Waals surface area contributed by atoms with Gasteiger partial charge >= 0.3 is 0 Å². The third kappa shape index (κ3) is 2.54. The zero-order chi connectivity index (χ0) is 13.3. The van der Waals surface area contributed by atoms with Crippen molar-refractivity contribution in [2.24, 2.45) is 0 Å². The second-order valence-corrected chi connectivity index (χ2v) is 4.55. The first kappa shape index (κ1) is 12.6. The number of hydrogen-bond acceptors (Lipinski definition) is 3. The molecule has 94 valence electrons. The van der Waals surface area contributed by atoms with Crippen molar-refractivity contribution in [2.45, 2.75) is 13.8 Å². The summed E-state index contributed by atoms with van der Waals surface area (Å²) in [5, 5.41) is 3.45. The van der Waals surface area contributed by atoms with E-state index < -0.39 is 0 Å². The topological polar surface area (TPSA) is 50.9 Å². The molecule has 1 aromatic carbocycles.